The van der Waals surface area contributed by atoms with Crippen LogP contribution in [0.3, 0.4) is 0 Å². The van der Waals surface area contributed by atoms with Gasteiger partial charge in [-0.05, 0) is 50.8 Å². The largest absolute Gasteiger partial charge is 0.416 e. The van der Waals surface area contributed by atoms with Crippen molar-refractivity contribution in [1.29, 1.82) is 0 Å². The van der Waals surface area contributed by atoms with E-state index in [0.717, 1.165) is 12.1 Å². The summed E-state index contributed by atoms with van der Waals surface area (Å²) in [5.74, 6) is 0.288. The van der Waals surface area contributed by atoms with Crippen molar-refractivity contribution in [3.63, 3.8) is 0 Å². The van der Waals surface area contributed by atoms with E-state index in [2.05, 4.69) is 10.1 Å². The minimum atomic E-state index is -4.44. The molecule has 0 spiro atoms. The molecule has 0 aliphatic heterocycles. The Bertz CT molecular complexity index is 1030. The molecule has 2 heterocycles. The van der Waals surface area contributed by atoms with Crippen molar-refractivity contribution >= 4 is 5.91 Å². The van der Waals surface area contributed by atoms with Gasteiger partial charge in [0, 0.05) is 25.8 Å². The lowest BCUT2D eigenvalue weighted by molar-refractivity contribution is -0.137. The maximum absolute atomic E-state index is 13.3. The molecule has 0 bridgehead atoms. The van der Waals surface area contributed by atoms with Crippen LogP contribution in [0.1, 0.15) is 27.2 Å². The molecule has 1 aromatic carbocycles. The fraction of sp³-hybridized carbons (Fsp3) is 0.318. The van der Waals surface area contributed by atoms with Crippen LogP contribution in [0, 0.1) is 6.92 Å². The van der Waals surface area contributed by atoms with Gasteiger partial charge in [-0.3, -0.25) is 4.79 Å². The normalized spacial score (nSPS) is 11.7. The van der Waals surface area contributed by atoms with E-state index in [9.17, 15) is 18.0 Å². The third-order valence-electron chi connectivity index (χ3n) is 4.84. The molecule has 0 radical (unpaired) electrons. The summed E-state index contributed by atoms with van der Waals surface area (Å²) in [5, 5.41) is 4.29. The van der Waals surface area contributed by atoms with Gasteiger partial charge in [-0.1, -0.05) is 18.2 Å². The molecular weight excluding hydrogens is 407 g/mol. The van der Waals surface area contributed by atoms with Gasteiger partial charge in [0.05, 0.1) is 23.0 Å². The second-order valence-electron chi connectivity index (χ2n) is 7.47. The van der Waals surface area contributed by atoms with Crippen LogP contribution in [0.4, 0.5) is 13.2 Å². The molecule has 0 aliphatic carbocycles. The van der Waals surface area contributed by atoms with Crippen LogP contribution in [0.25, 0.3) is 5.82 Å². The second kappa shape index (κ2) is 9.30. The van der Waals surface area contributed by atoms with E-state index in [0.29, 0.717) is 35.7 Å². The van der Waals surface area contributed by atoms with Crippen LogP contribution in [0.2, 0.25) is 0 Å². The Hall–Kier alpha value is -3.20. The molecule has 9 heteroatoms. The van der Waals surface area contributed by atoms with E-state index in [1.54, 1.807) is 40.9 Å². The highest BCUT2D eigenvalue weighted by Gasteiger charge is 2.30. The summed E-state index contributed by atoms with van der Waals surface area (Å²) in [7, 11) is 3.74. The first-order valence-corrected chi connectivity index (χ1v) is 9.73. The average Bonchev–Trinajstić information content (AvgIpc) is 3.12. The molecule has 0 aliphatic rings. The highest BCUT2D eigenvalue weighted by molar-refractivity contribution is 5.95. The molecule has 6 nitrogen and oxygen atoms in total. The predicted molar refractivity (Wildman–Crippen MR) is 111 cm³/mol. The Balaban J connectivity index is 1.89. The zero-order valence-corrected chi connectivity index (χ0v) is 17.6. The molecule has 2 aromatic heterocycles. The van der Waals surface area contributed by atoms with Crippen LogP contribution in [0.15, 0.2) is 54.9 Å². The van der Waals surface area contributed by atoms with Gasteiger partial charge < -0.3 is 9.80 Å². The fourth-order valence-corrected chi connectivity index (χ4v) is 3.14. The third-order valence-corrected chi connectivity index (χ3v) is 4.84. The van der Waals surface area contributed by atoms with Gasteiger partial charge in [0.2, 0.25) is 0 Å². The number of amides is 1. The van der Waals surface area contributed by atoms with E-state index in [4.69, 9.17) is 0 Å². The summed E-state index contributed by atoms with van der Waals surface area (Å²) < 4.78 is 40.9. The molecule has 0 saturated carbocycles. The van der Waals surface area contributed by atoms with Gasteiger partial charge in [0.25, 0.3) is 5.91 Å². The second-order valence-corrected chi connectivity index (χ2v) is 7.47. The van der Waals surface area contributed by atoms with E-state index in [1.165, 1.54) is 12.3 Å². The predicted octanol–water partition coefficient (Wildman–Crippen LogP) is 3.80. The molecule has 0 atom stereocenters. The minimum absolute atomic E-state index is 0.0603. The lowest BCUT2D eigenvalue weighted by Crippen LogP contribution is -2.36. The number of carbonyl (C=O) groups is 1. The number of nitrogens with zero attached hydrogens (tertiary/aromatic N) is 5. The number of aromatic nitrogens is 3. The van der Waals surface area contributed by atoms with Crippen LogP contribution in [0.5, 0.6) is 0 Å². The van der Waals surface area contributed by atoms with Crippen LogP contribution in [-0.4, -0.2) is 57.7 Å². The van der Waals surface area contributed by atoms with Crippen molar-refractivity contribution in [1.82, 2.24) is 24.6 Å². The summed E-state index contributed by atoms with van der Waals surface area (Å²) in [5.41, 5.74) is 0.680. The summed E-state index contributed by atoms with van der Waals surface area (Å²) in [6.45, 7) is 2.75. The smallest absolute Gasteiger partial charge is 0.333 e. The van der Waals surface area contributed by atoms with Gasteiger partial charge >= 0.3 is 6.18 Å². The molecular formula is C22H24F3N5O. The minimum Gasteiger partial charge on any atom is -0.333 e. The Morgan fingerprint density at radius 3 is 2.52 bits per heavy atom. The number of carbonyl (C=O) groups excluding carboxylic acids is 1. The highest BCUT2D eigenvalue weighted by Crippen LogP contribution is 2.30. The van der Waals surface area contributed by atoms with Crippen LogP contribution < -0.4 is 0 Å². The topological polar surface area (TPSA) is 54.3 Å². The molecule has 0 N–H and O–H groups in total. The third kappa shape index (κ3) is 5.49. The number of pyridine rings is 1. The number of likely N-dealkylation sites (N-methyl/N-ethyl adjacent to an activating group) is 1. The maximum atomic E-state index is 13.3. The zero-order chi connectivity index (χ0) is 22.6. The first-order chi connectivity index (χ1) is 14.7. The summed E-state index contributed by atoms with van der Waals surface area (Å²) >= 11 is 0. The van der Waals surface area contributed by atoms with Gasteiger partial charge in [-0.2, -0.15) is 18.3 Å². The zero-order valence-electron chi connectivity index (χ0n) is 17.6. The Kier molecular flexibility index (Phi) is 6.74. The number of alkyl halides is 3. The van der Waals surface area contributed by atoms with Gasteiger partial charge in [0.1, 0.15) is 0 Å². The van der Waals surface area contributed by atoms with Crippen molar-refractivity contribution in [2.75, 3.05) is 27.2 Å². The summed E-state index contributed by atoms with van der Waals surface area (Å²) in [6.07, 6.45) is -1.33. The number of benzene rings is 1. The molecule has 1 amide bonds. The molecule has 0 saturated heterocycles. The fourth-order valence-electron chi connectivity index (χ4n) is 3.14. The van der Waals surface area contributed by atoms with Gasteiger partial charge in [0.15, 0.2) is 5.82 Å². The standard InChI is InChI=1S/C22H24F3N5O/c1-16-19(14-27-30(16)20-9-4-5-10-26-20)21(31)29(12-11-28(2)3)15-17-7-6-8-18(13-17)22(23,24)25/h4-10,13-14H,11-12,15H2,1-3H3. The first kappa shape index (κ1) is 22.5. The Labute approximate surface area is 178 Å². The lowest BCUT2D eigenvalue weighted by atomic mass is 10.1. The van der Waals surface area contributed by atoms with Crippen molar-refractivity contribution < 1.29 is 18.0 Å². The molecule has 3 rings (SSSR count). The molecule has 164 valence electrons. The number of rotatable bonds is 7. The van der Waals surface area contributed by atoms with E-state index in [-0.39, 0.29) is 12.5 Å². The highest BCUT2D eigenvalue weighted by atomic mass is 19.4. The molecule has 0 unspecified atom stereocenters. The first-order valence-electron chi connectivity index (χ1n) is 9.73. The van der Waals surface area contributed by atoms with Crippen LogP contribution in [-0.2, 0) is 12.7 Å². The van der Waals surface area contributed by atoms with Gasteiger partial charge in [-0.25, -0.2) is 9.67 Å². The van der Waals surface area contributed by atoms with E-state index >= 15 is 0 Å². The molecule has 0 fully saturated rings. The number of hydrogen-bond acceptors (Lipinski definition) is 4. The monoisotopic (exact) mass is 431 g/mol. The number of hydrogen-bond donors (Lipinski definition) is 0. The lowest BCUT2D eigenvalue weighted by Gasteiger charge is -2.25. The number of halogens is 3. The average molecular weight is 431 g/mol. The van der Waals surface area contributed by atoms with Gasteiger partial charge in [-0.15, -0.1) is 0 Å². The van der Waals surface area contributed by atoms with Crippen molar-refractivity contribution in [2.45, 2.75) is 19.6 Å². The van der Waals surface area contributed by atoms with Crippen LogP contribution >= 0.6 is 0 Å². The summed E-state index contributed by atoms with van der Waals surface area (Å²) in [6, 6.07) is 10.4. The van der Waals surface area contributed by atoms with Crippen molar-refractivity contribution in [3.8, 4) is 5.82 Å². The molecule has 31 heavy (non-hydrogen) atoms. The van der Waals surface area contributed by atoms with Crippen molar-refractivity contribution in [3.05, 3.63) is 77.2 Å². The van der Waals surface area contributed by atoms with E-state index in [1.807, 2.05) is 25.1 Å². The Morgan fingerprint density at radius 1 is 1.10 bits per heavy atom. The molecule has 3 aromatic rings. The quantitative estimate of drug-likeness (QED) is 0.571. The maximum Gasteiger partial charge on any atom is 0.416 e. The Morgan fingerprint density at radius 2 is 1.87 bits per heavy atom. The summed E-state index contributed by atoms with van der Waals surface area (Å²) in [4.78, 5) is 21.0. The van der Waals surface area contributed by atoms with Crippen molar-refractivity contribution in [2.24, 2.45) is 0 Å². The van der Waals surface area contributed by atoms with E-state index < -0.39 is 11.7 Å². The SMILES string of the molecule is Cc1c(C(=O)N(CCN(C)C)Cc2cccc(C(F)(F)F)c2)cnn1-c1ccccn1.